The van der Waals surface area contributed by atoms with Crippen molar-refractivity contribution in [3.63, 3.8) is 0 Å². The van der Waals surface area contributed by atoms with Gasteiger partial charge in [-0.05, 0) is 55.5 Å². The Kier molecular flexibility index (Phi) is 7.54. The van der Waals surface area contributed by atoms with Gasteiger partial charge in [-0.2, -0.15) is 0 Å². The zero-order valence-electron chi connectivity index (χ0n) is 16.2. The van der Waals surface area contributed by atoms with Gasteiger partial charge < -0.3 is 10.4 Å². The predicted molar refractivity (Wildman–Crippen MR) is 110 cm³/mol. The molecule has 0 aliphatic carbocycles. The van der Waals surface area contributed by atoms with Crippen LogP contribution in [0.1, 0.15) is 28.4 Å². The second-order valence-electron chi connectivity index (χ2n) is 6.45. The van der Waals surface area contributed by atoms with Gasteiger partial charge in [0.1, 0.15) is 6.04 Å². The summed E-state index contributed by atoms with van der Waals surface area (Å²) in [6, 6.07) is 11.5. The fourth-order valence-electron chi connectivity index (χ4n) is 2.38. The van der Waals surface area contributed by atoms with Crippen LogP contribution in [0.25, 0.3) is 0 Å². The van der Waals surface area contributed by atoms with E-state index in [4.69, 9.17) is 5.21 Å². The number of sulfonamides is 1. The second-order valence-corrected chi connectivity index (χ2v) is 8.20. The van der Waals surface area contributed by atoms with Crippen LogP contribution in [0.3, 0.4) is 0 Å². The molecule has 0 radical (unpaired) electrons. The van der Waals surface area contributed by atoms with Crippen molar-refractivity contribution >= 4 is 27.5 Å². The topological polar surface area (TPSA) is 145 Å². The number of carbonyl (C=O) groups excluding carboxylic acids is 2. The van der Waals surface area contributed by atoms with Gasteiger partial charge in [0.25, 0.3) is 11.8 Å². The summed E-state index contributed by atoms with van der Waals surface area (Å²) < 4.78 is 24.8. The molecule has 2 atom stereocenters. The van der Waals surface area contributed by atoms with E-state index in [1.54, 1.807) is 36.4 Å². The van der Waals surface area contributed by atoms with E-state index in [2.05, 4.69) is 21.9 Å². The molecule has 0 aliphatic heterocycles. The van der Waals surface area contributed by atoms with Crippen molar-refractivity contribution in [2.45, 2.75) is 19.1 Å². The minimum Gasteiger partial charge on any atom is -0.391 e. The fourth-order valence-corrected chi connectivity index (χ4v) is 2.95. The van der Waals surface area contributed by atoms with E-state index in [0.717, 1.165) is 6.26 Å². The lowest BCUT2D eigenvalue weighted by molar-refractivity contribution is -0.133. The van der Waals surface area contributed by atoms with Gasteiger partial charge in [-0.1, -0.05) is 11.8 Å². The minimum atomic E-state index is -3.34. The maximum Gasteiger partial charge on any atom is 0.268 e. The zero-order valence-corrected chi connectivity index (χ0v) is 17.0. The molecular formula is C20H21N3O6S. The third kappa shape index (κ3) is 6.89. The van der Waals surface area contributed by atoms with Gasteiger partial charge in [0.05, 0.1) is 12.4 Å². The van der Waals surface area contributed by atoms with Crippen molar-refractivity contribution < 1.29 is 28.3 Å². The number of aliphatic hydroxyl groups excluding tert-OH is 1. The number of benzene rings is 2. The first-order valence-electron chi connectivity index (χ1n) is 8.72. The van der Waals surface area contributed by atoms with Crippen molar-refractivity contribution in [1.82, 2.24) is 10.8 Å². The van der Waals surface area contributed by atoms with E-state index in [9.17, 15) is 23.1 Å². The first kappa shape index (κ1) is 22.9. The van der Waals surface area contributed by atoms with Crippen LogP contribution in [0.5, 0.6) is 0 Å². The summed E-state index contributed by atoms with van der Waals surface area (Å²) in [5.41, 5.74) is 3.37. The van der Waals surface area contributed by atoms with E-state index >= 15 is 0 Å². The van der Waals surface area contributed by atoms with Gasteiger partial charge in [-0.3, -0.25) is 19.5 Å². The molecule has 0 saturated heterocycles. The van der Waals surface area contributed by atoms with Gasteiger partial charge in [0, 0.05) is 22.4 Å². The Morgan fingerprint density at radius 1 is 0.967 bits per heavy atom. The summed E-state index contributed by atoms with van der Waals surface area (Å²) >= 11 is 0. The Morgan fingerprint density at radius 2 is 1.47 bits per heavy atom. The van der Waals surface area contributed by atoms with Crippen LogP contribution in [0.15, 0.2) is 48.5 Å². The first-order valence-corrected chi connectivity index (χ1v) is 10.6. The van der Waals surface area contributed by atoms with Crippen LogP contribution >= 0.6 is 0 Å². The third-order valence-electron chi connectivity index (χ3n) is 3.85. The number of hydroxylamine groups is 1. The highest BCUT2D eigenvalue weighted by Gasteiger charge is 2.25. The molecule has 2 aromatic carbocycles. The quantitative estimate of drug-likeness (QED) is 0.255. The SMILES string of the molecule is CC(O)C(NC(=O)c1ccc(C#Cc2ccc(NS(C)(=O)=O)cc2)cc1)C(=O)NO. The van der Waals surface area contributed by atoms with Crippen LogP contribution in [0, 0.1) is 11.8 Å². The number of aliphatic hydroxyl groups is 1. The predicted octanol–water partition coefficient (Wildman–Crippen LogP) is 0.442. The highest BCUT2D eigenvalue weighted by Crippen LogP contribution is 2.11. The number of anilines is 1. The van der Waals surface area contributed by atoms with E-state index < -0.39 is 34.0 Å². The van der Waals surface area contributed by atoms with Gasteiger partial charge in [-0.25, -0.2) is 13.9 Å². The molecule has 9 nitrogen and oxygen atoms in total. The molecule has 10 heteroatoms. The number of nitrogens with one attached hydrogen (secondary N) is 3. The molecule has 0 spiro atoms. The monoisotopic (exact) mass is 431 g/mol. The molecule has 0 bridgehead atoms. The molecular weight excluding hydrogens is 410 g/mol. The van der Waals surface area contributed by atoms with Gasteiger partial charge in [0.15, 0.2) is 0 Å². The molecule has 0 saturated carbocycles. The molecule has 5 N–H and O–H groups in total. The maximum absolute atomic E-state index is 12.2. The van der Waals surface area contributed by atoms with Gasteiger partial charge >= 0.3 is 0 Å². The molecule has 2 aromatic rings. The van der Waals surface area contributed by atoms with Crippen LogP contribution in [-0.2, 0) is 14.8 Å². The minimum absolute atomic E-state index is 0.244. The summed E-state index contributed by atoms with van der Waals surface area (Å²) in [5, 5.41) is 20.6. The van der Waals surface area contributed by atoms with Gasteiger partial charge in [0.2, 0.25) is 10.0 Å². The Bertz CT molecular complexity index is 1070. The molecule has 2 unspecified atom stereocenters. The lowest BCUT2D eigenvalue weighted by Crippen LogP contribution is -2.51. The van der Waals surface area contributed by atoms with Crippen molar-refractivity contribution in [2.75, 3.05) is 11.0 Å². The number of amides is 2. The molecule has 0 aliphatic rings. The van der Waals surface area contributed by atoms with E-state index in [0.29, 0.717) is 16.8 Å². The standard InChI is InChI=1S/C20H21N3O6S/c1-13(24)18(20(26)22-27)21-19(25)16-9-5-14(6-10-16)3-4-15-7-11-17(12-8-15)23-30(2,28)29/h5-13,18,23-24,27H,1-2H3,(H,21,25)(H,22,26). The average molecular weight is 431 g/mol. The normalized spacial score (nSPS) is 12.7. The van der Waals surface area contributed by atoms with E-state index in [1.165, 1.54) is 24.5 Å². The van der Waals surface area contributed by atoms with Crippen molar-refractivity contribution in [1.29, 1.82) is 0 Å². The number of carbonyl (C=O) groups is 2. The third-order valence-corrected chi connectivity index (χ3v) is 4.45. The van der Waals surface area contributed by atoms with E-state index in [-0.39, 0.29) is 5.56 Å². The second kappa shape index (κ2) is 9.89. The summed E-state index contributed by atoms with van der Waals surface area (Å²) in [4.78, 5) is 23.7. The number of hydrogen-bond acceptors (Lipinski definition) is 6. The van der Waals surface area contributed by atoms with Crippen LogP contribution < -0.4 is 15.5 Å². The van der Waals surface area contributed by atoms with Crippen molar-refractivity contribution in [3.05, 3.63) is 65.2 Å². The van der Waals surface area contributed by atoms with Crippen LogP contribution in [0.4, 0.5) is 5.69 Å². The van der Waals surface area contributed by atoms with Crippen molar-refractivity contribution in [3.8, 4) is 11.8 Å². The smallest absolute Gasteiger partial charge is 0.268 e. The Balaban J connectivity index is 2.06. The summed E-state index contributed by atoms with van der Waals surface area (Å²) in [5.74, 6) is 4.32. The lowest BCUT2D eigenvalue weighted by Gasteiger charge is -2.19. The molecule has 158 valence electrons. The van der Waals surface area contributed by atoms with E-state index in [1.807, 2.05) is 0 Å². The molecule has 30 heavy (non-hydrogen) atoms. The Hall–Kier alpha value is -3.39. The highest BCUT2D eigenvalue weighted by atomic mass is 32.2. The number of rotatable bonds is 6. The van der Waals surface area contributed by atoms with Gasteiger partial charge in [-0.15, -0.1) is 0 Å². The molecule has 2 amide bonds. The van der Waals surface area contributed by atoms with Crippen LogP contribution in [-0.4, -0.2) is 48.9 Å². The average Bonchev–Trinajstić information content (AvgIpc) is 2.69. The fraction of sp³-hybridized carbons (Fsp3) is 0.200. The summed E-state index contributed by atoms with van der Waals surface area (Å²) in [7, 11) is -3.34. The largest absolute Gasteiger partial charge is 0.391 e. The Labute approximate surface area is 174 Å². The molecule has 0 aromatic heterocycles. The van der Waals surface area contributed by atoms with Crippen molar-refractivity contribution in [2.24, 2.45) is 0 Å². The summed E-state index contributed by atoms with van der Waals surface area (Å²) in [6.07, 6.45) is -0.137. The molecule has 2 rings (SSSR count). The first-order chi connectivity index (χ1) is 14.1. The Morgan fingerprint density at radius 3 is 1.90 bits per heavy atom. The lowest BCUT2D eigenvalue weighted by atomic mass is 10.1. The maximum atomic E-state index is 12.2. The molecule has 0 heterocycles. The highest BCUT2D eigenvalue weighted by molar-refractivity contribution is 7.92. The summed E-state index contributed by atoms with van der Waals surface area (Å²) in [6.45, 7) is 1.31. The zero-order chi connectivity index (χ0) is 22.3. The molecule has 0 fully saturated rings. The van der Waals surface area contributed by atoms with Crippen LogP contribution in [0.2, 0.25) is 0 Å². The number of hydrogen-bond donors (Lipinski definition) is 5.